The molecule has 112 valence electrons. The smallest absolute Gasteiger partial charge is 0.315 e. The third-order valence-corrected chi connectivity index (χ3v) is 2.73. The molecule has 6 heteroatoms. The summed E-state index contributed by atoms with van der Waals surface area (Å²) in [6, 6.07) is 9.51. The van der Waals surface area contributed by atoms with Crippen molar-refractivity contribution >= 4 is 11.9 Å². The highest BCUT2D eigenvalue weighted by Gasteiger charge is 2.03. The standard InChI is InChI=1S/C15H20N4O2/c1-12-4-2-5-13(10-12)11-19-15(21)18-9-6-14(20)17-8-3-7-16/h2,4-5,10H,3,6,8-9,11H2,1H3,(H,17,20)(H2,18,19,21). The number of nitrogens with zero attached hydrogens (tertiary/aromatic N) is 1. The summed E-state index contributed by atoms with van der Waals surface area (Å²) in [5.41, 5.74) is 2.17. The van der Waals surface area contributed by atoms with E-state index in [-0.39, 0.29) is 31.3 Å². The fraction of sp³-hybridized carbons (Fsp3) is 0.400. The minimum atomic E-state index is -0.304. The molecule has 0 saturated carbocycles. The van der Waals surface area contributed by atoms with E-state index in [0.717, 1.165) is 11.1 Å². The maximum absolute atomic E-state index is 11.5. The van der Waals surface area contributed by atoms with Crippen LogP contribution in [-0.2, 0) is 11.3 Å². The van der Waals surface area contributed by atoms with E-state index in [1.54, 1.807) is 0 Å². The van der Waals surface area contributed by atoms with Gasteiger partial charge in [-0.25, -0.2) is 4.79 Å². The van der Waals surface area contributed by atoms with Crippen molar-refractivity contribution in [2.45, 2.75) is 26.3 Å². The van der Waals surface area contributed by atoms with Crippen molar-refractivity contribution in [3.8, 4) is 6.07 Å². The Morgan fingerprint density at radius 3 is 2.71 bits per heavy atom. The molecule has 0 unspecified atom stereocenters. The Morgan fingerprint density at radius 1 is 1.19 bits per heavy atom. The molecule has 6 nitrogen and oxygen atoms in total. The van der Waals surface area contributed by atoms with Gasteiger partial charge in [0.15, 0.2) is 0 Å². The summed E-state index contributed by atoms with van der Waals surface area (Å²) in [6.07, 6.45) is 0.486. The molecule has 0 fully saturated rings. The molecule has 0 aliphatic rings. The van der Waals surface area contributed by atoms with E-state index in [1.165, 1.54) is 0 Å². The summed E-state index contributed by atoms with van der Waals surface area (Å²) in [6.45, 7) is 3.04. The van der Waals surface area contributed by atoms with Crippen LogP contribution in [-0.4, -0.2) is 25.0 Å². The van der Waals surface area contributed by atoms with Crippen LogP contribution in [0.25, 0.3) is 0 Å². The number of nitriles is 1. The molecular formula is C15H20N4O2. The third kappa shape index (κ3) is 7.57. The van der Waals surface area contributed by atoms with Crippen molar-refractivity contribution in [2.24, 2.45) is 0 Å². The molecule has 0 saturated heterocycles. The van der Waals surface area contributed by atoms with Gasteiger partial charge in [-0.1, -0.05) is 29.8 Å². The molecule has 0 aromatic heterocycles. The monoisotopic (exact) mass is 288 g/mol. The summed E-state index contributed by atoms with van der Waals surface area (Å²) in [5, 5.41) is 16.3. The molecule has 0 aliphatic heterocycles. The molecule has 0 atom stereocenters. The van der Waals surface area contributed by atoms with Gasteiger partial charge in [0.2, 0.25) is 5.91 Å². The fourth-order valence-corrected chi connectivity index (χ4v) is 1.70. The zero-order chi connectivity index (χ0) is 15.5. The Kier molecular flexibility index (Phi) is 7.36. The van der Waals surface area contributed by atoms with Crippen LogP contribution in [0, 0.1) is 18.3 Å². The second-order valence-corrected chi connectivity index (χ2v) is 4.61. The average Bonchev–Trinajstić information content (AvgIpc) is 2.45. The lowest BCUT2D eigenvalue weighted by Gasteiger charge is -2.08. The first-order chi connectivity index (χ1) is 10.1. The van der Waals surface area contributed by atoms with Gasteiger partial charge in [0, 0.05) is 26.1 Å². The maximum Gasteiger partial charge on any atom is 0.315 e. The van der Waals surface area contributed by atoms with Crippen molar-refractivity contribution < 1.29 is 9.59 Å². The van der Waals surface area contributed by atoms with Gasteiger partial charge in [-0.05, 0) is 12.5 Å². The first-order valence-electron chi connectivity index (χ1n) is 6.82. The van der Waals surface area contributed by atoms with E-state index in [4.69, 9.17) is 5.26 Å². The van der Waals surface area contributed by atoms with Crippen LogP contribution in [0.2, 0.25) is 0 Å². The number of carbonyl (C=O) groups is 2. The highest BCUT2D eigenvalue weighted by molar-refractivity contribution is 5.78. The van der Waals surface area contributed by atoms with E-state index in [9.17, 15) is 9.59 Å². The molecule has 0 spiro atoms. The van der Waals surface area contributed by atoms with Crippen LogP contribution < -0.4 is 16.0 Å². The zero-order valence-electron chi connectivity index (χ0n) is 12.1. The molecule has 0 aliphatic carbocycles. The molecule has 0 heterocycles. The summed E-state index contributed by atoms with van der Waals surface area (Å²) in [4.78, 5) is 22.9. The number of carbonyl (C=O) groups excluding carboxylic acids is 2. The summed E-state index contributed by atoms with van der Waals surface area (Å²) in [5.74, 6) is -0.177. The van der Waals surface area contributed by atoms with Crippen LogP contribution in [0.3, 0.4) is 0 Å². The van der Waals surface area contributed by atoms with Gasteiger partial charge in [-0.3, -0.25) is 4.79 Å². The van der Waals surface area contributed by atoms with Crippen molar-refractivity contribution in [1.82, 2.24) is 16.0 Å². The molecule has 1 aromatic rings. The number of nitrogens with one attached hydrogen (secondary N) is 3. The predicted octanol–water partition coefficient (Wildman–Crippen LogP) is 1.21. The molecular weight excluding hydrogens is 268 g/mol. The number of amides is 3. The fourth-order valence-electron chi connectivity index (χ4n) is 1.70. The van der Waals surface area contributed by atoms with Gasteiger partial charge in [-0.2, -0.15) is 5.26 Å². The predicted molar refractivity (Wildman–Crippen MR) is 79.3 cm³/mol. The van der Waals surface area contributed by atoms with Crippen LogP contribution in [0.4, 0.5) is 4.79 Å². The van der Waals surface area contributed by atoms with Gasteiger partial charge in [0.05, 0.1) is 12.5 Å². The number of hydrogen-bond acceptors (Lipinski definition) is 3. The van der Waals surface area contributed by atoms with E-state index >= 15 is 0 Å². The second-order valence-electron chi connectivity index (χ2n) is 4.61. The lowest BCUT2D eigenvalue weighted by molar-refractivity contribution is -0.120. The molecule has 3 N–H and O–H groups in total. The number of urea groups is 1. The van der Waals surface area contributed by atoms with E-state index in [2.05, 4.69) is 16.0 Å². The van der Waals surface area contributed by atoms with Gasteiger partial charge in [0.1, 0.15) is 0 Å². The molecule has 0 bridgehead atoms. The quantitative estimate of drug-likeness (QED) is 0.658. The number of aryl methyl sites for hydroxylation is 1. The number of rotatable bonds is 7. The Morgan fingerprint density at radius 2 is 2.00 bits per heavy atom. The zero-order valence-corrected chi connectivity index (χ0v) is 12.1. The maximum atomic E-state index is 11.5. The molecule has 1 rings (SSSR count). The highest BCUT2D eigenvalue weighted by atomic mass is 16.2. The SMILES string of the molecule is Cc1cccc(CNC(=O)NCCC(=O)NCCC#N)c1. The van der Waals surface area contributed by atoms with Crippen molar-refractivity contribution in [1.29, 1.82) is 5.26 Å². The van der Waals surface area contributed by atoms with Gasteiger partial charge in [0.25, 0.3) is 0 Å². The normalized spacial score (nSPS) is 9.52. The molecule has 0 radical (unpaired) electrons. The largest absolute Gasteiger partial charge is 0.355 e. The Hall–Kier alpha value is -2.55. The van der Waals surface area contributed by atoms with Crippen LogP contribution in [0.1, 0.15) is 24.0 Å². The van der Waals surface area contributed by atoms with Crippen LogP contribution >= 0.6 is 0 Å². The van der Waals surface area contributed by atoms with Gasteiger partial charge in [-0.15, -0.1) is 0 Å². The van der Waals surface area contributed by atoms with Gasteiger partial charge >= 0.3 is 6.03 Å². The summed E-state index contributed by atoms with van der Waals surface area (Å²) in [7, 11) is 0. The first kappa shape index (κ1) is 16.5. The molecule has 21 heavy (non-hydrogen) atoms. The highest BCUT2D eigenvalue weighted by Crippen LogP contribution is 2.02. The van der Waals surface area contributed by atoms with Gasteiger partial charge < -0.3 is 16.0 Å². The van der Waals surface area contributed by atoms with Crippen molar-refractivity contribution in [3.63, 3.8) is 0 Å². The minimum absolute atomic E-state index is 0.177. The topological polar surface area (TPSA) is 94.0 Å². The van der Waals surface area contributed by atoms with Crippen LogP contribution in [0.5, 0.6) is 0 Å². The second kappa shape index (κ2) is 9.37. The third-order valence-electron chi connectivity index (χ3n) is 2.73. The number of hydrogen-bond donors (Lipinski definition) is 3. The summed E-state index contributed by atoms with van der Waals surface area (Å²) < 4.78 is 0. The average molecular weight is 288 g/mol. The van der Waals surface area contributed by atoms with Crippen molar-refractivity contribution in [3.05, 3.63) is 35.4 Å². The Labute approximate surface area is 124 Å². The number of benzene rings is 1. The van der Waals surface area contributed by atoms with E-state index in [0.29, 0.717) is 13.1 Å². The lowest BCUT2D eigenvalue weighted by atomic mass is 10.1. The van der Waals surface area contributed by atoms with Crippen molar-refractivity contribution in [2.75, 3.05) is 13.1 Å². The Balaban J connectivity index is 2.14. The Bertz CT molecular complexity index is 523. The first-order valence-corrected chi connectivity index (χ1v) is 6.82. The minimum Gasteiger partial charge on any atom is -0.355 e. The molecule has 1 aromatic carbocycles. The van der Waals surface area contributed by atoms with E-state index in [1.807, 2.05) is 37.3 Å². The molecule has 3 amide bonds. The lowest BCUT2D eigenvalue weighted by Crippen LogP contribution is -2.37. The summed E-state index contributed by atoms with van der Waals surface area (Å²) >= 11 is 0. The van der Waals surface area contributed by atoms with Crippen LogP contribution in [0.15, 0.2) is 24.3 Å². The van der Waals surface area contributed by atoms with E-state index < -0.39 is 0 Å².